The van der Waals surface area contributed by atoms with Crippen LogP contribution in [0.4, 0.5) is 20.6 Å². The Hall–Kier alpha value is -1.43. The maximum absolute atomic E-state index is 13.5. The number of hydrogen-bond donors (Lipinski definition) is 2. The lowest BCUT2D eigenvalue weighted by atomic mass is 10.1. The molecule has 1 aliphatic rings. The molecule has 2 rings (SSSR count). The summed E-state index contributed by atoms with van der Waals surface area (Å²) in [4.78, 5) is 11.9. The molecule has 1 amide bonds. The molecule has 122 valence electrons. The highest BCUT2D eigenvalue weighted by Crippen LogP contribution is 2.27. The molecule has 0 saturated carbocycles. The van der Waals surface area contributed by atoms with E-state index in [0.29, 0.717) is 17.4 Å². The lowest BCUT2D eigenvalue weighted by molar-refractivity contribution is 0.0636. The number of rotatable bonds is 3. The molecule has 0 bridgehead atoms. The summed E-state index contributed by atoms with van der Waals surface area (Å²) < 4.78 is 18.8. The lowest BCUT2D eigenvalue weighted by Crippen LogP contribution is -2.29. The summed E-state index contributed by atoms with van der Waals surface area (Å²) in [6.45, 7) is 5.40. The first-order chi connectivity index (χ1) is 10.3. The van der Waals surface area contributed by atoms with Crippen molar-refractivity contribution >= 4 is 29.2 Å². The highest BCUT2D eigenvalue weighted by Gasteiger charge is 2.19. The molecular weight excluding hydrogens is 303 g/mol. The number of anilines is 2. The second kappa shape index (κ2) is 7.22. The Kier molecular flexibility index (Phi) is 5.56. The molecule has 1 aromatic rings. The van der Waals surface area contributed by atoms with Gasteiger partial charge in [0.2, 0.25) is 0 Å². The number of halogens is 1. The maximum atomic E-state index is 13.5. The Morgan fingerprint density at radius 1 is 1.36 bits per heavy atom. The monoisotopic (exact) mass is 326 g/mol. The summed E-state index contributed by atoms with van der Waals surface area (Å²) in [5.41, 5.74) is 0.558. The molecule has 22 heavy (non-hydrogen) atoms. The smallest absolute Gasteiger partial charge is 0.412 e. The summed E-state index contributed by atoms with van der Waals surface area (Å²) in [7, 11) is 0. The third kappa shape index (κ3) is 5.40. The van der Waals surface area contributed by atoms with Gasteiger partial charge in [0.05, 0.1) is 11.4 Å². The van der Waals surface area contributed by atoms with Gasteiger partial charge in [-0.05, 0) is 57.6 Å². The third-order valence-corrected chi connectivity index (χ3v) is 4.35. The molecule has 4 nitrogen and oxygen atoms in total. The van der Waals surface area contributed by atoms with Gasteiger partial charge in [0.15, 0.2) is 0 Å². The van der Waals surface area contributed by atoms with Crippen LogP contribution < -0.4 is 10.6 Å². The molecular formula is C16H23FN2O2S. The van der Waals surface area contributed by atoms with Gasteiger partial charge in [0, 0.05) is 11.8 Å². The minimum atomic E-state index is -0.572. The molecule has 0 spiro atoms. The Labute approximate surface area is 135 Å². The van der Waals surface area contributed by atoms with Crippen LogP contribution in [0.5, 0.6) is 0 Å². The number of carbonyl (C=O) groups is 1. The molecule has 1 atom stereocenters. The Morgan fingerprint density at radius 3 is 2.77 bits per heavy atom. The maximum Gasteiger partial charge on any atom is 0.412 e. The van der Waals surface area contributed by atoms with E-state index in [1.54, 1.807) is 26.8 Å². The predicted molar refractivity (Wildman–Crippen MR) is 90.2 cm³/mol. The molecule has 1 aromatic carbocycles. The lowest BCUT2D eigenvalue weighted by Gasteiger charge is -2.25. The highest BCUT2D eigenvalue weighted by molar-refractivity contribution is 7.99. The van der Waals surface area contributed by atoms with E-state index in [1.165, 1.54) is 17.9 Å². The minimum absolute atomic E-state index is 0.291. The van der Waals surface area contributed by atoms with E-state index in [2.05, 4.69) is 10.6 Å². The van der Waals surface area contributed by atoms with E-state index >= 15 is 0 Å². The van der Waals surface area contributed by atoms with Crippen LogP contribution in [-0.4, -0.2) is 29.2 Å². The SMILES string of the molecule is CC(C)(C)OC(=O)Nc1ccc(F)cc1NC1CCCSC1. The van der Waals surface area contributed by atoms with Gasteiger partial charge in [-0.3, -0.25) is 5.32 Å². The van der Waals surface area contributed by atoms with Crippen LogP contribution >= 0.6 is 11.8 Å². The van der Waals surface area contributed by atoms with Gasteiger partial charge in [-0.1, -0.05) is 0 Å². The summed E-state index contributed by atoms with van der Waals surface area (Å²) in [5.74, 6) is 1.83. The van der Waals surface area contributed by atoms with Crippen LogP contribution in [0.1, 0.15) is 33.6 Å². The van der Waals surface area contributed by atoms with E-state index in [0.717, 1.165) is 18.6 Å². The fraction of sp³-hybridized carbons (Fsp3) is 0.562. The molecule has 1 unspecified atom stereocenters. The van der Waals surface area contributed by atoms with Crippen LogP contribution in [-0.2, 0) is 4.74 Å². The van der Waals surface area contributed by atoms with Gasteiger partial charge in [0.25, 0.3) is 0 Å². The number of thioether (sulfide) groups is 1. The molecule has 0 radical (unpaired) electrons. The molecule has 1 aliphatic heterocycles. The first kappa shape index (κ1) is 16.9. The fourth-order valence-electron chi connectivity index (χ4n) is 2.23. The molecule has 1 saturated heterocycles. The average molecular weight is 326 g/mol. The standard InChI is InChI=1S/C16H23FN2O2S/c1-16(2,3)21-15(20)19-13-7-6-11(17)9-14(13)18-12-5-4-8-22-10-12/h6-7,9,12,18H,4-5,8,10H2,1-3H3,(H,19,20). The molecule has 6 heteroatoms. The van der Waals surface area contributed by atoms with E-state index in [-0.39, 0.29) is 5.82 Å². The quantitative estimate of drug-likeness (QED) is 0.860. The largest absolute Gasteiger partial charge is 0.444 e. The van der Waals surface area contributed by atoms with Crippen LogP contribution in [0.15, 0.2) is 18.2 Å². The van der Waals surface area contributed by atoms with Gasteiger partial charge in [-0.25, -0.2) is 9.18 Å². The molecule has 1 heterocycles. The van der Waals surface area contributed by atoms with Gasteiger partial charge >= 0.3 is 6.09 Å². The van der Waals surface area contributed by atoms with Crippen molar-refractivity contribution in [2.45, 2.75) is 45.3 Å². The zero-order chi connectivity index (χ0) is 16.2. The Morgan fingerprint density at radius 2 is 2.14 bits per heavy atom. The Balaban J connectivity index is 2.08. The topological polar surface area (TPSA) is 50.4 Å². The second-order valence-corrected chi connectivity index (χ2v) is 7.53. The van der Waals surface area contributed by atoms with E-state index in [1.807, 2.05) is 11.8 Å². The van der Waals surface area contributed by atoms with E-state index in [4.69, 9.17) is 4.74 Å². The van der Waals surface area contributed by atoms with Crippen molar-refractivity contribution in [1.82, 2.24) is 0 Å². The molecule has 1 fully saturated rings. The molecule has 0 aromatic heterocycles. The van der Waals surface area contributed by atoms with Crippen LogP contribution in [0.25, 0.3) is 0 Å². The second-order valence-electron chi connectivity index (χ2n) is 6.38. The van der Waals surface area contributed by atoms with Crippen molar-refractivity contribution in [2.75, 3.05) is 22.1 Å². The first-order valence-electron chi connectivity index (χ1n) is 7.47. The number of amides is 1. The van der Waals surface area contributed by atoms with Gasteiger partial charge in [-0.2, -0.15) is 11.8 Å². The summed E-state index contributed by atoms with van der Waals surface area (Å²) in [5, 5.41) is 6.01. The first-order valence-corrected chi connectivity index (χ1v) is 8.63. The third-order valence-electron chi connectivity index (χ3n) is 3.14. The Bertz CT molecular complexity index is 525. The highest BCUT2D eigenvalue weighted by atomic mass is 32.2. The zero-order valence-electron chi connectivity index (χ0n) is 13.2. The summed E-state index contributed by atoms with van der Waals surface area (Å²) >= 11 is 1.89. The number of ether oxygens (including phenoxy) is 1. The number of benzene rings is 1. The van der Waals surface area contributed by atoms with Crippen molar-refractivity contribution < 1.29 is 13.9 Å². The summed E-state index contributed by atoms with van der Waals surface area (Å²) in [6.07, 6.45) is 1.65. The van der Waals surface area contributed by atoms with Crippen molar-refractivity contribution in [3.05, 3.63) is 24.0 Å². The predicted octanol–water partition coefficient (Wildman–Crippen LogP) is 4.48. The zero-order valence-corrected chi connectivity index (χ0v) is 14.1. The van der Waals surface area contributed by atoms with Gasteiger partial charge in [0.1, 0.15) is 11.4 Å². The van der Waals surface area contributed by atoms with Crippen molar-refractivity contribution in [2.24, 2.45) is 0 Å². The normalized spacial score (nSPS) is 18.6. The van der Waals surface area contributed by atoms with E-state index < -0.39 is 11.7 Å². The number of hydrogen-bond acceptors (Lipinski definition) is 4. The fourth-order valence-corrected chi connectivity index (χ4v) is 3.30. The number of nitrogens with one attached hydrogen (secondary N) is 2. The molecule has 0 aliphatic carbocycles. The van der Waals surface area contributed by atoms with Crippen LogP contribution in [0.2, 0.25) is 0 Å². The average Bonchev–Trinajstić information content (AvgIpc) is 2.41. The van der Waals surface area contributed by atoms with Crippen molar-refractivity contribution in [3.63, 3.8) is 0 Å². The van der Waals surface area contributed by atoms with Crippen LogP contribution in [0.3, 0.4) is 0 Å². The summed E-state index contributed by atoms with van der Waals surface area (Å²) in [6, 6.07) is 4.58. The van der Waals surface area contributed by atoms with Gasteiger partial charge in [-0.15, -0.1) is 0 Å². The van der Waals surface area contributed by atoms with E-state index in [9.17, 15) is 9.18 Å². The minimum Gasteiger partial charge on any atom is -0.444 e. The van der Waals surface area contributed by atoms with Crippen molar-refractivity contribution in [3.8, 4) is 0 Å². The van der Waals surface area contributed by atoms with Crippen molar-refractivity contribution in [1.29, 1.82) is 0 Å². The van der Waals surface area contributed by atoms with Gasteiger partial charge < -0.3 is 10.1 Å². The number of carbonyl (C=O) groups excluding carboxylic acids is 1. The van der Waals surface area contributed by atoms with Crippen LogP contribution in [0, 0.1) is 5.82 Å². The molecule has 2 N–H and O–H groups in total.